The molecule has 2 aliphatic rings. The Kier molecular flexibility index (Phi) is 3.01. The molecule has 2 aliphatic heterocycles. The summed E-state index contributed by atoms with van der Waals surface area (Å²) >= 11 is 0. The molecule has 3 nitrogen and oxygen atoms in total. The first-order valence-corrected chi connectivity index (χ1v) is 6.11. The summed E-state index contributed by atoms with van der Waals surface area (Å²) in [6.07, 6.45) is 4.24. The molecule has 0 bridgehead atoms. The molecule has 0 radical (unpaired) electrons. The Labute approximate surface area is 92.2 Å². The van der Waals surface area contributed by atoms with Crippen molar-refractivity contribution in [3.05, 3.63) is 0 Å². The lowest BCUT2D eigenvalue weighted by molar-refractivity contribution is -0.135. The van der Waals surface area contributed by atoms with Crippen molar-refractivity contribution in [3.63, 3.8) is 0 Å². The Bertz CT molecular complexity index is 244. The van der Waals surface area contributed by atoms with Gasteiger partial charge >= 0.3 is 0 Å². The lowest BCUT2D eigenvalue weighted by Crippen LogP contribution is -2.43. The van der Waals surface area contributed by atoms with Crippen molar-refractivity contribution in [1.82, 2.24) is 10.2 Å². The van der Waals surface area contributed by atoms with Gasteiger partial charge in [-0.3, -0.25) is 4.79 Å². The molecule has 2 fully saturated rings. The zero-order valence-corrected chi connectivity index (χ0v) is 9.88. The van der Waals surface area contributed by atoms with Crippen LogP contribution in [-0.2, 0) is 4.79 Å². The molecular formula is C12H22N2O. The molecule has 0 aromatic rings. The van der Waals surface area contributed by atoms with Crippen molar-refractivity contribution < 1.29 is 4.79 Å². The fraction of sp³-hybridized carbons (Fsp3) is 0.917. The molecule has 3 heteroatoms. The number of carbonyl (C=O) groups is 1. The van der Waals surface area contributed by atoms with E-state index >= 15 is 0 Å². The minimum atomic E-state index is 0.100. The molecule has 1 atom stereocenters. The Morgan fingerprint density at radius 2 is 2.33 bits per heavy atom. The molecule has 86 valence electrons. The monoisotopic (exact) mass is 210 g/mol. The van der Waals surface area contributed by atoms with E-state index in [1.54, 1.807) is 0 Å². The van der Waals surface area contributed by atoms with E-state index in [2.05, 4.69) is 24.1 Å². The summed E-state index contributed by atoms with van der Waals surface area (Å²) in [7, 11) is 0. The number of carbonyl (C=O) groups excluding carboxylic acids is 1. The van der Waals surface area contributed by atoms with Gasteiger partial charge in [0.25, 0.3) is 0 Å². The van der Waals surface area contributed by atoms with Gasteiger partial charge in [0.15, 0.2) is 0 Å². The summed E-state index contributed by atoms with van der Waals surface area (Å²) in [5.41, 5.74) is 0.100. The van der Waals surface area contributed by atoms with Gasteiger partial charge in [-0.05, 0) is 52.1 Å². The Morgan fingerprint density at radius 3 is 2.87 bits per heavy atom. The van der Waals surface area contributed by atoms with Crippen LogP contribution in [0, 0.1) is 5.92 Å². The first-order valence-electron chi connectivity index (χ1n) is 6.11. The van der Waals surface area contributed by atoms with Crippen molar-refractivity contribution >= 4 is 5.91 Å². The summed E-state index contributed by atoms with van der Waals surface area (Å²) in [6, 6.07) is 0. The number of amides is 1. The maximum absolute atomic E-state index is 12.1. The van der Waals surface area contributed by atoms with Crippen molar-refractivity contribution in [2.75, 3.05) is 19.6 Å². The standard InChI is InChI=1S/C12H22N2O/c1-12(2)5-3-7-14(12)11(15)8-10-4-6-13-9-10/h10,13H,3-9H2,1-2H3. The smallest absolute Gasteiger partial charge is 0.223 e. The Hall–Kier alpha value is -0.570. The predicted octanol–water partition coefficient (Wildman–Crippen LogP) is 1.39. The second kappa shape index (κ2) is 4.12. The van der Waals surface area contributed by atoms with Crippen molar-refractivity contribution in [1.29, 1.82) is 0 Å². The maximum atomic E-state index is 12.1. The van der Waals surface area contributed by atoms with Gasteiger partial charge in [0, 0.05) is 18.5 Å². The Morgan fingerprint density at radius 1 is 1.53 bits per heavy atom. The van der Waals surface area contributed by atoms with Crippen LogP contribution in [0.25, 0.3) is 0 Å². The topological polar surface area (TPSA) is 32.3 Å². The van der Waals surface area contributed by atoms with Crippen LogP contribution in [-0.4, -0.2) is 36.0 Å². The SMILES string of the molecule is CC1(C)CCCN1C(=O)CC1CCNC1. The van der Waals surface area contributed by atoms with E-state index < -0.39 is 0 Å². The average molecular weight is 210 g/mol. The molecule has 2 heterocycles. The highest BCUT2D eigenvalue weighted by molar-refractivity contribution is 5.77. The van der Waals surface area contributed by atoms with Gasteiger partial charge in [0.2, 0.25) is 5.91 Å². The van der Waals surface area contributed by atoms with Crippen LogP contribution in [0.3, 0.4) is 0 Å². The number of hydrogen-bond donors (Lipinski definition) is 1. The first-order chi connectivity index (χ1) is 7.09. The minimum Gasteiger partial charge on any atom is -0.338 e. The number of hydrogen-bond acceptors (Lipinski definition) is 2. The summed E-state index contributed by atoms with van der Waals surface area (Å²) in [4.78, 5) is 14.2. The molecule has 0 aromatic carbocycles. The molecule has 15 heavy (non-hydrogen) atoms. The highest BCUT2D eigenvalue weighted by atomic mass is 16.2. The quantitative estimate of drug-likeness (QED) is 0.747. The highest BCUT2D eigenvalue weighted by Gasteiger charge is 2.36. The second-order valence-corrected chi connectivity index (χ2v) is 5.52. The number of nitrogens with zero attached hydrogens (tertiary/aromatic N) is 1. The summed E-state index contributed by atoms with van der Waals surface area (Å²) in [5.74, 6) is 0.945. The summed E-state index contributed by atoms with van der Waals surface area (Å²) in [5, 5.41) is 3.32. The van der Waals surface area contributed by atoms with Gasteiger partial charge in [0.1, 0.15) is 0 Å². The second-order valence-electron chi connectivity index (χ2n) is 5.52. The van der Waals surface area contributed by atoms with Gasteiger partial charge in [0.05, 0.1) is 0 Å². The van der Waals surface area contributed by atoms with E-state index in [4.69, 9.17) is 0 Å². The van der Waals surface area contributed by atoms with Crippen LogP contribution in [0.4, 0.5) is 0 Å². The van der Waals surface area contributed by atoms with Gasteiger partial charge in [-0.25, -0.2) is 0 Å². The number of nitrogens with one attached hydrogen (secondary N) is 1. The number of rotatable bonds is 2. The van der Waals surface area contributed by atoms with Crippen LogP contribution < -0.4 is 5.32 Å². The molecule has 1 N–H and O–H groups in total. The molecule has 1 amide bonds. The summed E-state index contributed by atoms with van der Waals surface area (Å²) < 4.78 is 0. The van der Waals surface area contributed by atoms with Gasteiger partial charge in [-0.2, -0.15) is 0 Å². The predicted molar refractivity (Wildman–Crippen MR) is 60.6 cm³/mol. The average Bonchev–Trinajstić information content (AvgIpc) is 2.73. The van der Waals surface area contributed by atoms with Crippen LogP contribution in [0.2, 0.25) is 0 Å². The summed E-state index contributed by atoms with van der Waals surface area (Å²) in [6.45, 7) is 7.45. The van der Waals surface area contributed by atoms with E-state index in [1.807, 2.05) is 0 Å². The largest absolute Gasteiger partial charge is 0.338 e. The van der Waals surface area contributed by atoms with E-state index in [0.29, 0.717) is 11.8 Å². The van der Waals surface area contributed by atoms with E-state index in [9.17, 15) is 4.79 Å². The van der Waals surface area contributed by atoms with Crippen molar-refractivity contribution in [2.45, 2.75) is 45.1 Å². The lowest BCUT2D eigenvalue weighted by Gasteiger charge is -2.32. The third-order valence-electron chi connectivity index (χ3n) is 3.83. The third kappa shape index (κ3) is 2.33. The molecule has 0 aromatic heterocycles. The molecule has 1 unspecified atom stereocenters. The van der Waals surface area contributed by atoms with E-state index in [-0.39, 0.29) is 5.54 Å². The van der Waals surface area contributed by atoms with E-state index in [0.717, 1.165) is 32.5 Å². The van der Waals surface area contributed by atoms with Crippen LogP contribution in [0.15, 0.2) is 0 Å². The molecule has 0 spiro atoms. The van der Waals surface area contributed by atoms with Crippen LogP contribution in [0.1, 0.15) is 39.5 Å². The minimum absolute atomic E-state index is 0.100. The van der Waals surface area contributed by atoms with Crippen molar-refractivity contribution in [2.24, 2.45) is 5.92 Å². The van der Waals surface area contributed by atoms with Crippen LogP contribution in [0.5, 0.6) is 0 Å². The Balaban J connectivity index is 1.89. The third-order valence-corrected chi connectivity index (χ3v) is 3.83. The maximum Gasteiger partial charge on any atom is 0.223 e. The zero-order chi connectivity index (χ0) is 10.9. The van der Waals surface area contributed by atoms with Gasteiger partial charge in [-0.1, -0.05) is 0 Å². The molecule has 0 saturated carbocycles. The van der Waals surface area contributed by atoms with Gasteiger partial charge < -0.3 is 10.2 Å². The normalized spacial score (nSPS) is 29.7. The molecule has 2 rings (SSSR count). The number of likely N-dealkylation sites (tertiary alicyclic amines) is 1. The molecular weight excluding hydrogens is 188 g/mol. The zero-order valence-electron chi connectivity index (χ0n) is 9.88. The molecule has 0 aliphatic carbocycles. The first kappa shape index (κ1) is 10.9. The van der Waals surface area contributed by atoms with Crippen LogP contribution >= 0.6 is 0 Å². The highest BCUT2D eigenvalue weighted by Crippen LogP contribution is 2.29. The van der Waals surface area contributed by atoms with Crippen molar-refractivity contribution in [3.8, 4) is 0 Å². The molecule has 2 saturated heterocycles. The van der Waals surface area contributed by atoms with Gasteiger partial charge in [-0.15, -0.1) is 0 Å². The van der Waals surface area contributed by atoms with E-state index in [1.165, 1.54) is 12.8 Å². The lowest BCUT2D eigenvalue weighted by atomic mass is 9.99. The fourth-order valence-corrected chi connectivity index (χ4v) is 2.82. The fourth-order valence-electron chi connectivity index (χ4n) is 2.82.